The van der Waals surface area contributed by atoms with Crippen molar-refractivity contribution in [2.45, 2.75) is 19.1 Å². The van der Waals surface area contributed by atoms with Gasteiger partial charge in [0.05, 0.1) is 18.8 Å². The number of fused-ring (bicyclic) bond motifs is 1. The van der Waals surface area contributed by atoms with Gasteiger partial charge in [-0.3, -0.25) is 4.79 Å². The highest BCUT2D eigenvalue weighted by atomic mass is 16.5. The number of amides is 1. The number of hydrogen-bond donors (Lipinski definition) is 2. The van der Waals surface area contributed by atoms with E-state index in [0.29, 0.717) is 19.7 Å². The molecule has 0 aliphatic carbocycles. The Balaban J connectivity index is 1.69. The van der Waals surface area contributed by atoms with Crippen LogP contribution in [0.3, 0.4) is 0 Å². The molecule has 0 spiro atoms. The van der Waals surface area contributed by atoms with Crippen molar-refractivity contribution in [2.24, 2.45) is 0 Å². The lowest BCUT2D eigenvalue weighted by Gasteiger charge is -2.39. The number of carbonyl (C=O) groups is 1. The first kappa shape index (κ1) is 14.6. The summed E-state index contributed by atoms with van der Waals surface area (Å²) in [4.78, 5) is 21.0. The zero-order valence-corrected chi connectivity index (χ0v) is 12.6. The Kier molecular flexibility index (Phi) is 4.11. The predicted molar refractivity (Wildman–Crippen MR) is 85.7 cm³/mol. The first-order chi connectivity index (χ1) is 10.7. The van der Waals surface area contributed by atoms with Gasteiger partial charge in [0.2, 0.25) is 5.91 Å². The van der Waals surface area contributed by atoms with Gasteiger partial charge in [0.15, 0.2) is 0 Å². The molecule has 6 heteroatoms. The van der Waals surface area contributed by atoms with E-state index in [1.165, 1.54) is 6.08 Å². The molecule has 0 bridgehead atoms. The number of H-pyrrole nitrogens is 1. The summed E-state index contributed by atoms with van der Waals surface area (Å²) in [7, 11) is 0. The van der Waals surface area contributed by atoms with Crippen LogP contribution < -0.4 is 5.32 Å². The van der Waals surface area contributed by atoms with Crippen molar-refractivity contribution in [1.82, 2.24) is 14.9 Å². The maximum absolute atomic E-state index is 11.9. The van der Waals surface area contributed by atoms with Gasteiger partial charge >= 0.3 is 0 Å². The molecule has 1 amide bonds. The summed E-state index contributed by atoms with van der Waals surface area (Å²) in [6.45, 7) is 7.35. The smallest absolute Gasteiger partial charge is 0.246 e. The lowest BCUT2D eigenvalue weighted by Crippen LogP contribution is -2.53. The van der Waals surface area contributed by atoms with E-state index >= 15 is 0 Å². The van der Waals surface area contributed by atoms with Crippen molar-refractivity contribution in [3.8, 4) is 0 Å². The average molecular weight is 300 g/mol. The van der Waals surface area contributed by atoms with Gasteiger partial charge in [-0.25, -0.2) is 4.98 Å². The fourth-order valence-electron chi connectivity index (χ4n) is 2.83. The third-order valence-corrected chi connectivity index (χ3v) is 4.11. The molecule has 2 atom stereocenters. The molecule has 0 unspecified atom stereocenters. The van der Waals surface area contributed by atoms with E-state index in [9.17, 15) is 4.79 Å². The summed E-state index contributed by atoms with van der Waals surface area (Å²) in [5.74, 6) is -0.0438. The number of ether oxygens (including phenoxy) is 1. The summed E-state index contributed by atoms with van der Waals surface area (Å²) in [5, 5.41) is 4.45. The molecular weight excluding hydrogens is 280 g/mol. The molecule has 2 aromatic rings. The number of carbonyl (C=O) groups excluding carboxylic acids is 1. The maximum Gasteiger partial charge on any atom is 0.246 e. The number of nitrogens with one attached hydrogen (secondary N) is 2. The molecule has 0 radical (unpaired) electrons. The number of aromatic nitrogens is 2. The van der Waals surface area contributed by atoms with Crippen LogP contribution in [0.1, 0.15) is 6.92 Å². The molecule has 2 N–H and O–H groups in total. The molecular formula is C16H20N4O2. The van der Waals surface area contributed by atoms with Crippen LogP contribution >= 0.6 is 0 Å². The number of nitrogens with zero attached hydrogens (tertiary/aromatic N) is 2. The van der Waals surface area contributed by atoms with Gasteiger partial charge in [0.25, 0.3) is 0 Å². The fraction of sp³-hybridized carbons (Fsp3) is 0.375. The minimum absolute atomic E-state index is 0.00954. The van der Waals surface area contributed by atoms with Crippen molar-refractivity contribution in [2.75, 3.05) is 25.0 Å². The van der Waals surface area contributed by atoms with Crippen molar-refractivity contribution < 1.29 is 9.53 Å². The van der Waals surface area contributed by atoms with Crippen LogP contribution in [0.5, 0.6) is 0 Å². The summed E-state index contributed by atoms with van der Waals surface area (Å²) < 4.78 is 5.82. The zero-order chi connectivity index (χ0) is 15.5. The largest absolute Gasteiger partial charge is 0.382 e. The van der Waals surface area contributed by atoms with Crippen molar-refractivity contribution in [1.29, 1.82) is 0 Å². The normalized spacial score (nSPS) is 21.8. The maximum atomic E-state index is 11.9. The molecule has 1 aliphatic rings. The van der Waals surface area contributed by atoms with E-state index in [0.717, 1.165) is 16.7 Å². The fourth-order valence-corrected chi connectivity index (χ4v) is 2.83. The van der Waals surface area contributed by atoms with E-state index < -0.39 is 0 Å². The Labute approximate surface area is 129 Å². The van der Waals surface area contributed by atoms with Crippen LogP contribution in [-0.4, -0.2) is 52.6 Å². The van der Waals surface area contributed by atoms with Gasteiger partial charge in [-0.1, -0.05) is 6.58 Å². The lowest BCUT2D eigenvalue weighted by atomic mass is 10.1. The third kappa shape index (κ3) is 2.69. The lowest BCUT2D eigenvalue weighted by molar-refractivity contribution is -0.138. The molecule has 1 saturated heterocycles. The Morgan fingerprint density at radius 2 is 2.50 bits per heavy atom. The Morgan fingerprint density at radius 3 is 3.32 bits per heavy atom. The van der Waals surface area contributed by atoms with Crippen LogP contribution in [0.25, 0.3) is 11.0 Å². The van der Waals surface area contributed by atoms with Gasteiger partial charge in [0, 0.05) is 36.6 Å². The van der Waals surface area contributed by atoms with Gasteiger partial charge in [0.1, 0.15) is 5.65 Å². The highest BCUT2D eigenvalue weighted by molar-refractivity contribution is 5.89. The van der Waals surface area contributed by atoms with Crippen molar-refractivity contribution in [3.05, 3.63) is 37.2 Å². The highest BCUT2D eigenvalue weighted by Crippen LogP contribution is 2.21. The highest BCUT2D eigenvalue weighted by Gasteiger charge is 2.30. The second-order valence-electron chi connectivity index (χ2n) is 5.36. The van der Waals surface area contributed by atoms with Crippen LogP contribution in [0.4, 0.5) is 5.69 Å². The van der Waals surface area contributed by atoms with E-state index in [4.69, 9.17) is 4.74 Å². The molecule has 0 aromatic carbocycles. The molecule has 1 aliphatic heterocycles. The van der Waals surface area contributed by atoms with Gasteiger partial charge in [-0.05, 0) is 25.1 Å². The molecule has 22 heavy (non-hydrogen) atoms. The molecule has 1 fully saturated rings. The van der Waals surface area contributed by atoms with Crippen LogP contribution in [0, 0.1) is 0 Å². The quantitative estimate of drug-likeness (QED) is 0.844. The van der Waals surface area contributed by atoms with E-state index in [1.54, 1.807) is 11.1 Å². The number of anilines is 1. The van der Waals surface area contributed by atoms with E-state index in [-0.39, 0.29) is 18.1 Å². The van der Waals surface area contributed by atoms with Crippen LogP contribution in [-0.2, 0) is 9.53 Å². The van der Waals surface area contributed by atoms with Crippen molar-refractivity contribution >= 4 is 22.6 Å². The average Bonchev–Trinajstić information content (AvgIpc) is 3.02. The minimum atomic E-state index is -0.0557. The Bertz CT molecular complexity index is 682. The first-order valence-electron chi connectivity index (χ1n) is 7.41. The topological polar surface area (TPSA) is 70.2 Å². The Hall–Kier alpha value is -2.34. The van der Waals surface area contributed by atoms with Crippen molar-refractivity contribution in [3.63, 3.8) is 0 Å². The molecule has 2 aromatic heterocycles. The molecule has 3 rings (SSSR count). The predicted octanol–water partition coefficient (Wildman–Crippen LogP) is 1.78. The van der Waals surface area contributed by atoms with Crippen LogP contribution in [0.15, 0.2) is 37.2 Å². The third-order valence-electron chi connectivity index (χ3n) is 4.11. The number of morpholine rings is 1. The molecule has 116 valence electrons. The van der Waals surface area contributed by atoms with E-state index in [1.807, 2.05) is 25.3 Å². The standard InChI is InChI=1S/C16H20N4O2/c1-3-15(21)20-8-9-22-14(11(20)2)10-19-13-5-7-18-16-12(13)4-6-17-16/h3-7,11,14H,1,8-10H2,2H3,(H2,17,18,19)/t11-,14+/m0/s1. The SMILES string of the molecule is C=CC(=O)N1CCO[C@H](CNc2ccnc3[nH]ccc23)[C@@H]1C. The number of pyridine rings is 1. The summed E-state index contributed by atoms with van der Waals surface area (Å²) >= 11 is 0. The first-order valence-corrected chi connectivity index (χ1v) is 7.41. The van der Waals surface area contributed by atoms with Gasteiger partial charge in [-0.2, -0.15) is 0 Å². The van der Waals surface area contributed by atoms with E-state index in [2.05, 4.69) is 21.9 Å². The van der Waals surface area contributed by atoms with Gasteiger partial charge in [-0.15, -0.1) is 0 Å². The Morgan fingerprint density at radius 1 is 1.64 bits per heavy atom. The van der Waals surface area contributed by atoms with Crippen LogP contribution in [0.2, 0.25) is 0 Å². The number of aromatic amines is 1. The van der Waals surface area contributed by atoms with Gasteiger partial charge < -0.3 is 19.9 Å². The molecule has 6 nitrogen and oxygen atoms in total. The minimum Gasteiger partial charge on any atom is -0.382 e. The summed E-state index contributed by atoms with van der Waals surface area (Å²) in [6, 6.07) is 3.94. The second-order valence-corrected chi connectivity index (χ2v) is 5.36. The monoisotopic (exact) mass is 300 g/mol. The second kappa shape index (κ2) is 6.19. The molecule has 3 heterocycles. The number of rotatable bonds is 4. The summed E-state index contributed by atoms with van der Waals surface area (Å²) in [5.41, 5.74) is 1.86. The molecule has 0 saturated carbocycles. The summed E-state index contributed by atoms with van der Waals surface area (Å²) in [6.07, 6.45) is 4.94. The number of hydrogen-bond acceptors (Lipinski definition) is 4. The zero-order valence-electron chi connectivity index (χ0n) is 12.6.